The van der Waals surface area contributed by atoms with Crippen LogP contribution in [-0.4, -0.2) is 261 Å². The second-order valence-corrected chi connectivity index (χ2v) is 35.7. The van der Waals surface area contributed by atoms with Crippen molar-refractivity contribution in [3.8, 4) is 17.2 Å². The molecule has 0 spiro atoms. The second kappa shape index (κ2) is 38.8. The van der Waals surface area contributed by atoms with E-state index in [-0.39, 0.29) is 34.8 Å². The largest absolute Gasteiger partial charge is 0.489 e. The van der Waals surface area contributed by atoms with Gasteiger partial charge in [0.25, 0.3) is 47.3 Å². The van der Waals surface area contributed by atoms with Crippen LogP contribution >= 0.6 is 63.5 Å². The molecule has 47 nitrogen and oxygen atoms in total. The number of rotatable bonds is 37. The number of carbonyl (C=O) groups excluding carboxylic acids is 8. The van der Waals surface area contributed by atoms with Gasteiger partial charge < -0.3 is 14.2 Å². The molecule has 8 amide bonds. The predicted octanol–water partition coefficient (Wildman–Crippen LogP) is -7.44. The summed E-state index contributed by atoms with van der Waals surface area (Å²) in [6.07, 6.45) is -9.36. The predicted molar refractivity (Wildman–Crippen MR) is 360 cm³/mol. The van der Waals surface area contributed by atoms with Gasteiger partial charge >= 0.3 is 63.5 Å². The van der Waals surface area contributed by atoms with E-state index in [4.69, 9.17) is 14.2 Å². The van der Waals surface area contributed by atoms with Crippen molar-refractivity contribution < 1.29 is 170 Å². The van der Waals surface area contributed by atoms with Crippen molar-refractivity contribution in [3.63, 3.8) is 0 Å². The lowest BCUT2D eigenvalue weighted by molar-refractivity contribution is -0.123. The number of hydrogen-bond acceptors (Lipinski definition) is 39. The lowest BCUT2D eigenvalue weighted by atomic mass is 10.0. The van der Waals surface area contributed by atoms with Crippen LogP contribution in [0, 0.1) is 6.92 Å². The van der Waals surface area contributed by atoms with E-state index < -0.39 is 223 Å². The molecule has 0 unspecified atom stereocenters. The number of carbonyl (C=O) groups is 8. The minimum atomic E-state index is -4.77. The van der Waals surface area contributed by atoms with Gasteiger partial charge in [-0.2, -0.15) is 117 Å². The number of hydrogen-bond donors (Lipinski definition) is 32. The maximum Gasteiger partial charge on any atom is 0.419 e. The lowest BCUT2D eigenvalue weighted by Crippen LogP contribution is -2.47. The zero-order valence-electron chi connectivity index (χ0n) is 53.2. The topological polar surface area (TPSA) is 759 Å². The molecule has 0 aliphatic rings. The molecule has 0 fully saturated rings. The van der Waals surface area contributed by atoms with E-state index in [0.717, 1.165) is 42.0 Å². The van der Waals surface area contributed by atoms with Crippen molar-refractivity contribution in [2.45, 2.75) is 26.7 Å². The Morgan fingerprint density at radius 2 is 0.485 bits per heavy atom. The summed E-state index contributed by atoms with van der Waals surface area (Å²) in [6.45, 7) is -3.81. The Balaban J connectivity index is 1.75. The summed E-state index contributed by atoms with van der Waals surface area (Å²) in [5, 5.41) is 0. The molecule has 32 N–H and O–H groups in total. The average molecular weight is 1630 g/mol. The number of nitrogens with one attached hydrogen (secondary N) is 8. The number of benzene rings is 4. The van der Waals surface area contributed by atoms with Crippen LogP contribution in [-0.2, 0) is 39.0 Å². The highest BCUT2D eigenvalue weighted by Crippen LogP contribution is 2.53. The van der Waals surface area contributed by atoms with Gasteiger partial charge in [-0.05, 0) is 84.3 Å². The van der Waals surface area contributed by atoms with E-state index in [1.165, 1.54) is 18.2 Å². The van der Waals surface area contributed by atoms with Crippen LogP contribution in [0.2, 0.25) is 0 Å². The molecule has 572 valence electrons. The molecule has 0 radical (unpaired) electrons. The molecule has 0 bridgehead atoms. The van der Waals surface area contributed by atoms with E-state index in [1.807, 2.05) is 50.3 Å². The Hall–Kier alpha value is -5.64. The third kappa shape index (κ3) is 39.5. The molecule has 55 heteroatoms. The van der Waals surface area contributed by atoms with Crippen molar-refractivity contribution in [2.75, 3.05) is 76.5 Å². The quantitative estimate of drug-likeness (QED) is 0.0147. The number of hydrazine groups is 4. The molecule has 0 aliphatic heterocycles. The zero-order chi connectivity index (χ0) is 77.9. The average Bonchev–Trinajstić information content (AvgIpc) is 0.837. The van der Waals surface area contributed by atoms with E-state index in [9.17, 15) is 156 Å². The summed E-state index contributed by atoms with van der Waals surface area (Å²) in [5.41, 5.74) is 14.6. The van der Waals surface area contributed by atoms with Crippen molar-refractivity contribution >= 4 is 111 Å². The van der Waals surface area contributed by atoms with Crippen LogP contribution in [0.4, 0.5) is 0 Å². The molecule has 0 aliphatic carbocycles. The van der Waals surface area contributed by atoms with Crippen LogP contribution in [0.5, 0.6) is 17.2 Å². The fourth-order valence-corrected chi connectivity index (χ4v) is 15.1. The highest BCUT2D eigenvalue weighted by atomic mass is 31.2. The molecule has 0 heterocycles. The standard InChI is InChI=1S/C48H70N12O35P8/c1-30-2-4-38(5-3-30)93-21-33-10-39(94-19-31-6-34(45(65)53-49-41(61)15-57(22-96(69,70)71)23-97(72,73)74)12-35(7-31)46(66)54-50-42(62)16-58(24-98(75,76)77)25-99(78,79)80)14-40(11-33)95-20-32-8-36(47(67)55-51-43(63)17-59(26-100(81,82)83)27-101(84,85)86)13-37(9-32)48(68)56-52-44(64)18-60(28-102(87,88)89)29-103(90,91)92/h2-14,69-92H,15-29H2,1H3/p+8. The van der Waals surface area contributed by atoms with Crippen molar-refractivity contribution in [3.05, 3.63) is 123 Å². The van der Waals surface area contributed by atoms with E-state index in [0.29, 0.717) is 25.3 Å². The van der Waals surface area contributed by atoms with E-state index in [2.05, 4.69) is 0 Å². The maximum atomic E-state index is 13.7. The van der Waals surface area contributed by atoms with Gasteiger partial charge in [0.05, 0.1) is 26.2 Å². The first kappa shape index (κ1) is 89.8. The summed E-state index contributed by atoms with van der Waals surface area (Å²) >= 11 is 0. The first-order chi connectivity index (χ1) is 47.1. The molecule has 0 saturated heterocycles. The van der Waals surface area contributed by atoms with E-state index in [1.54, 1.807) is 24.3 Å². The van der Waals surface area contributed by atoms with Gasteiger partial charge in [0.2, 0.25) is 0 Å². The molecule has 0 saturated carbocycles. The molecule has 0 aromatic heterocycles. The smallest absolute Gasteiger partial charge is 0.419 e. The minimum Gasteiger partial charge on any atom is -0.489 e. The Labute approximate surface area is 585 Å². The molecule has 4 rings (SSSR count). The zero-order valence-corrected chi connectivity index (χ0v) is 60.4. The summed E-state index contributed by atoms with van der Waals surface area (Å²) < 4.78 is 18.3. The minimum absolute atomic E-state index is 0.0774. The fraction of sp³-hybridized carbons (Fsp3) is 0.333. The number of aryl methyl sites for hydroxylation is 1. The number of amides is 8. The Kier molecular flexibility index (Phi) is 33.8. The van der Waals surface area contributed by atoms with Gasteiger partial charge in [0.1, 0.15) is 37.1 Å². The van der Waals surface area contributed by atoms with Gasteiger partial charge in [-0.25, -0.2) is 19.6 Å². The molecule has 0 atom stereocenters. The Morgan fingerprint density at radius 1 is 0.282 bits per heavy atom. The Morgan fingerprint density at radius 3 is 0.699 bits per heavy atom. The van der Waals surface area contributed by atoms with Gasteiger partial charge in [0, 0.05) is 28.3 Å². The highest BCUT2D eigenvalue weighted by molar-refractivity contribution is 7.61. The van der Waals surface area contributed by atoms with E-state index >= 15 is 0 Å². The van der Waals surface area contributed by atoms with Crippen LogP contribution in [0.1, 0.15) is 63.7 Å². The van der Waals surface area contributed by atoms with Crippen molar-refractivity contribution in [1.29, 1.82) is 0 Å². The second-order valence-electron chi connectivity index (χ2n) is 22.3. The third-order valence-electron chi connectivity index (χ3n) is 12.1. The van der Waals surface area contributed by atoms with Gasteiger partial charge in [-0.15, -0.1) is 0 Å². The van der Waals surface area contributed by atoms with Crippen LogP contribution in [0.3, 0.4) is 0 Å². The molecule has 4 aromatic rings. The number of nitrogens with zero attached hydrogens (tertiary/aromatic N) is 4. The third-order valence-corrected chi connectivity index (χ3v) is 18.3. The molecule has 4 aromatic carbocycles. The van der Waals surface area contributed by atoms with Crippen LogP contribution < -0.4 is 57.6 Å². The van der Waals surface area contributed by atoms with Crippen LogP contribution in [0.25, 0.3) is 0 Å². The SMILES string of the molecule is Cc1ccc(OCc2cc(OCc3cc(C(=O)NNC(=O)CN(C[P+](O)(O)O)C[P+](O)(O)O)cc(C(=O)NNC(=O)CN(C[P+](O)(O)O)C[P+](O)(O)O)c3)cc(OCc3cc(C(=O)NNC(=O)CN(C[P+](O)(O)O)C[P+](O)(O)O)cc(C(=O)NNC(=O)CN(C[P+](O)(O)O)C[P+](O)(O)O)c3)c2)cc1. The summed E-state index contributed by atoms with van der Waals surface area (Å²) in [4.78, 5) is 338. The summed E-state index contributed by atoms with van der Waals surface area (Å²) in [6, 6.07) is 17.0. The highest BCUT2D eigenvalue weighted by Gasteiger charge is 2.46. The molecular formula is C48H78N12O35P8+8. The summed E-state index contributed by atoms with van der Waals surface area (Å²) in [7, 11) is -38.2. The van der Waals surface area contributed by atoms with Crippen molar-refractivity contribution in [1.82, 2.24) is 63.0 Å². The first-order valence-electron chi connectivity index (χ1n) is 28.2. The fourth-order valence-electron chi connectivity index (χ4n) is 8.58. The van der Waals surface area contributed by atoms with Crippen molar-refractivity contribution in [2.24, 2.45) is 0 Å². The first-order valence-corrected chi connectivity index (χ1v) is 42.9. The van der Waals surface area contributed by atoms with Gasteiger partial charge in [-0.1, -0.05) is 17.7 Å². The Bertz CT molecular complexity index is 3150. The molecule has 103 heavy (non-hydrogen) atoms. The van der Waals surface area contributed by atoms with Gasteiger partial charge in [-0.3, -0.25) is 81.8 Å². The summed E-state index contributed by atoms with van der Waals surface area (Å²) in [5.74, 6) is -9.66. The van der Waals surface area contributed by atoms with Gasteiger partial charge in [0.15, 0.2) is 50.3 Å². The van der Waals surface area contributed by atoms with Crippen LogP contribution in [0.15, 0.2) is 78.9 Å². The monoisotopic (exact) mass is 1630 g/mol. The number of ether oxygens (including phenoxy) is 3. The normalized spacial score (nSPS) is 12.6. The maximum absolute atomic E-state index is 13.7. The molecular weight excluding hydrogens is 1550 g/mol. The lowest BCUT2D eigenvalue weighted by Gasteiger charge is -2.20.